The molecule has 0 heterocycles. The average molecular weight is 434 g/mol. The fourth-order valence-electron chi connectivity index (χ4n) is 2.61. The van der Waals surface area contributed by atoms with E-state index in [2.05, 4.69) is 34.6 Å². The molecule has 23 heavy (non-hydrogen) atoms. The highest BCUT2D eigenvalue weighted by Gasteiger charge is 2.32. The predicted octanol–water partition coefficient (Wildman–Crippen LogP) is 2.76. The van der Waals surface area contributed by atoms with E-state index in [0.717, 1.165) is 24.0 Å². The maximum absolute atomic E-state index is 13.5. The molecular formula is C17H28FIN4. The number of guanidine groups is 1. The largest absolute Gasteiger partial charge is 0.355 e. The van der Waals surface area contributed by atoms with Gasteiger partial charge in [0.25, 0.3) is 0 Å². The zero-order valence-electron chi connectivity index (χ0n) is 14.4. The molecule has 2 N–H and O–H groups in total. The number of likely N-dealkylation sites (N-methyl/N-ethyl adjacent to an activating group) is 1. The minimum atomic E-state index is -0.163. The molecule has 6 heteroatoms. The molecule has 0 saturated heterocycles. The maximum Gasteiger partial charge on any atom is 0.191 e. The van der Waals surface area contributed by atoms with Gasteiger partial charge in [-0.15, -0.1) is 24.0 Å². The molecule has 4 nitrogen and oxygen atoms in total. The zero-order chi connectivity index (χ0) is 16.1. The summed E-state index contributed by atoms with van der Waals surface area (Å²) < 4.78 is 13.5. The van der Waals surface area contributed by atoms with E-state index in [4.69, 9.17) is 0 Å². The molecular weight excluding hydrogens is 406 g/mol. The Morgan fingerprint density at radius 2 is 2.04 bits per heavy atom. The van der Waals surface area contributed by atoms with Gasteiger partial charge in [0.15, 0.2) is 5.96 Å². The standard InChI is InChI=1S/C17H27FN4.HI/c1-12-5-6-13(9-15(12)18)10-20-17(19-2)21-11-16(22(3)4)14-7-8-14;/h5-6,9,14,16H,7-8,10-11H2,1-4H3,(H2,19,20,21);1H. The number of aryl methyl sites for hydroxylation is 1. The minimum Gasteiger partial charge on any atom is -0.355 e. The third kappa shape index (κ3) is 6.25. The summed E-state index contributed by atoms with van der Waals surface area (Å²) >= 11 is 0. The number of nitrogens with one attached hydrogen (secondary N) is 2. The molecule has 1 aliphatic carbocycles. The molecule has 1 atom stereocenters. The number of rotatable bonds is 6. The predicted molar refractivity (Wildman–Crippen MR) is 105 cm³/mol. The van der Waals surface area contributed by atoms with Crippen molar-refractivity contribution in [2.24, 2.45) is 10.9 Å². The topological polar surface area (TPSA) is 39.7 Å². The molecule has 0 bridgehead atoms. The second kappa shape index (κ2) is 9.42. The Hall–Kier alpha value is -0.890. The Bertz CT molecular complexity index is 527. The highest BCUT2D eigenvalue weighted by Crippen LogP contribution is 2.34. The van der Waals surface area contributed by atoms with E-state index in [1.165, 1.54) is 12.8 Å². The summed E-state index contributed by atoms with van der Waals surface area (Å²) in [5.74, 6) is 1.39. The number of halogens is 2. The lowest BCUT2D eigenvalue weighted by Crippen LogP contribution is -2.45. The van der Waals surface area contributed by atoms with E-state index in [0.29, 0.717) is 18.2 Å². The van der Waals surface area contributed by atoms with E-state index in [9.17, 15) is 4.39 Å². The van der Waals surface area contributed by atoms with Gasteiger partial charge in [0.05, 0.1) is 0 Å². The first-order valence-electron chi connectivity index (χ1n) is 7.87. The van der Waals surface area contributed by atoms with Crippen molar-refractivity contribution in [3.8, 4) is 0 Å². The van der Waals surface area contributed by atoms with Gasteiger partial charge in [0.1, 0.15) is 5.82 Å². The number of nitrogens with zero attached hydrogens (tertiary/aromatic N) is 2. The van der Waals surface area contributed by atoms with Crippen molar-refractivity contribution < 1.29 is 4.39 Å². The third-order valence-electron chi connectivity index (χ3n) is 4.23. The molecule has 1 aromatic carbocycles. The Morgan fingerprint density at radius 1 is 1.35 bits per heavy atom. The summed E-state index contributed by atoms with van der Waals surface area (Å²) in [4.78, 5) is 6.51. The van der Waals surface area contributed by atoms with E-state index in [1.807, 2.05) is 6.07 Å². The quantitative estimate of drug-likeness (QED) is 0.411. The lowest BCUT2D eigenvalue weighted by molar-refractivity contribution is 0.264. The lowest BCUT2D eigenvalue weighted by atomic mass is 10.1. The molecule has 1 aromatic rings. The van der Waals surface area contributed by atoms with E-state index in [-0.39, 0.29) is 29.8 Å². The van der Waals surface area contributed by atoms with Crippen molar-refractivity contribution in [3.63, 3.8) is 0 Å². The highest BCUT2D eigenvalue weighted by atomic mass is 127. The summed E-state index contributed by atoms with van der Waals surface area (Å²) in [5.41, 5.74) is 1.59. The van der Waals surface area contributed by atoms with Crippen LogP contribution < -0.4 is 10.6 Å². The highest BCUT2D eigenvalue weighted by molar-refractivity contribution is 14.0. The molecule has 1 fully saturated rings. The average Bonchev–Trinajstić information content (AvgIpc) is 3.30. The summed E-state index contributed by atoms with van der Waals surface area (Å²) in [6.07, 6.45) is 2.64. The van der Waals surface area contributed by atoms with Crippen LogP contribution in [-0.4, -0.2) is 44.6 Å². The molecule has 0 aliphatic heterocycles. The van der Waals surface area contributed by atoms with Crippen LogP contribution in [0.1, 0.15) is 24.0 Å². The van der Waals surface area contributed by atoms with Crippen LogP contribution in [0, 0.1) is 18.7 Å². The van der Waals surface area contributed by atoms with Crippen molar-refractivity contribution in [3.05, 3.63) is 35.1 Å². The van der Waals surface area contributed by atoms with Crippen LogP contribution >= 0.6 is 24.0 Å². The van der Waals surface area contributed by atoms with Gasteiger partial charge in [-0.05, 0) is 57.0 Å². The van der Waals surface area contributed by atoms with Crippen LogP contribution in [0.2, 0.25) is 0 Å². The normalized spacial score (nSPS) is 16.0. The van der Waals surface area contributed by atoms with E-state index < -0.39 is 0 Å². The number of benzene rings is 1. The van der Waals surface area contributed by atoms with Crippen molar-refractivity contribution in [2.75, 3.05) is 27.7 Å². The zero-order valence-corrected chi connectivity index (χ0v) is 16.7. The number of hydrogen-bond acceptors (Lipinski definition) is 2. The van der Waals surface area contributed by atoms with E-state index >= 15 is 0 Å². The van der Waals surface area contributed by atoms with Gasteiger partial charge in [-0.3, -0.25) is 4.99 Å². The van der Waals surface area contributed by atoms with Crippen LogP contribution in [-0.2, 0) is 6.54 Å². The SMILES string of the molecule is CN=C(NCc1ccc(C)c(F)c1)NCC(C1CC1)N(C)C.I. The summed E-state index contributed by atoms with van der Waals surface area (Å²) in [6, 6.07) is 5.85. The third-order valence-corrected chi connectivity index (χ3v) is 4.23. The molecule has 0 radical (unpaired) electrons. The monoisotopic (exact) mass is 434 g/mol. The Labute approximate surface area is 156 Å². The molecule has 0 spiro atoms. The van der Waals surface area contributed by atoms with Crippen LogP contribution in [0.4, 0.5) is 4.39 Å². The molecule has 130 valence electrons. The van der Waals surface area contributed by atoms with Gasteiger partial charge >= 0.3 is 0 Å². The molecule has 1 saturated carbocycles. The Kier molecular flexibility index (Phi) is 8.25. The molecule has 2 rings (SSSR count). The van der Waals surface area contributed by atoms with Crippen LogP contribution in [0.15, 0.2) is 23.2 Å². The molecule has 1 aliphatic rings. The van der Waals surface area contributed by atoms with Crippen LogP contribution in [0.25, 0.3) is 0 Å². The molecule has 0 amide bonds. The Morgan fingerprint density at radius 3 is 2.57 bits per heavy atom. The maximum atomic E-state index is 13.5. The van der Waals surface area contributed by atoms with Gasteiger partial charge in [0, 0.05) is 26.2 Å². The van der Waals surface area contributed by atoms with Crippen LogP contribution in [0.5, 0.6) is 0 Å². The van der Waals surface area contributed by atoms with Crippen molar-refractivity contribution in [1.29, 1.82) is 0 Å². The first kappa shape index (κ1) is 20.2. The van der Waals surface area contributed by atoms with Crippen molar-refractivity contribution in [2.45, 2.75) is 32.4 Å². The second-order valence-electron chi connectivity index (χ2n) is 6.26. The van der Waals surface area contributed by atoms with Gasteiger partial charge in [0.2, 0.25) is 0 Å². The lowest BCUT2D eigenvalue weighted by Gasteiger charge is -2.25. The van der Waals surface area contributed by atoms with Gasteiger partial charge in [-0.1, -0.05) is 12.1 Å². The first-order valence-corrected chi connectivity index (χ1v) is 7.87. The van der Waals surface area contributed by atoms with Gasteiger partial charge < -0.3 is 15.5 Å². The van der Waals surface area contributed by atoms with Crippen molar-refractivity contribution in [1.82, 2.24) is 15.5 Å². The van der Waals surface area contributed by atoms with E-state index in [1.54, 1.807) is 26.1 Å². The smallest absolute Gasteiger partial charge is 0.191 e. The van der Waals surface area contributed by atoms with Crippen LogP contribution in [0.3, 0.4) is 0 Å². The molecule has 1 unspecified atom stereocenters. The summed E-state index contributed by atoms with van der Waals surface area (Å²) in [7, 11) is 6.00. The fraction of sp³-hybridized carbons (Fsp3) is 0.588. The van der Waals surface area contributed by atoms with Gasteiger partial charge in [-0.2, -0.15) is 0 Å². The molecule has 0 aromatic heterocycles. The summed E-state index contributed by atoms with van der Waals surface area (Å²) in [6.45, 7) is 3.21. The number of hydrogen-bond donors (Lipinski definition) is 2. The van der Waals surface area contributed by atoms with Crippen molar-refractivity contribution >= 4 is 29.9 Å². The fourth-order valence-corrected chi connectivity index (χ4v) is 2.61. The number of aliphatic imine (C=N–C) groups is 1. The second-order valence-corrected chi connectivity index (χ2v) is 6.26. The summed E-state index contributed by atoms with van der Waals surface area (Å²) in [5, 5.41) is 6.61. The Balaban J connectivity index is 0.00000264. The minimum absolute atomic E-state index is 0. The first-order chi connectivity index (χ1) is 10.5. The van der Waals surface area contributed by atoms with Gasteiger partial charge in [-0.25, -0.2) is 4.39 Å².